The van der Waals surface area contributed by atoms with E-state index in [0.29, 0.717) is 22.9 Å². The Hall–Kier alpha value is -2.01. The average Bonchev–Trinajstić information content (AvgIpc) is 2.42. The number of nitrogens with two attached hydrogens (primary N) is 1. The van der Waals surface area contributed by atoms with Crippen molar-refractivity contribution in [2.75, 3.05) is 7.11 Å². The Morgan fingerprint density at radius 2 is 1.63 bits per heavy atom. The molecule has 2 aromatic rings. The van der Waals surface area contributed by atoms with Crippen LogP contribution >= 0.6 is 0 Å². The van der Waals surface area contributed by atoms with E-state index in [-0.39, 0.29) is 12.1 Å². The highest BCUT2D eigenvalue weighted by molar-refractivity contribution is 5.69. The van der Waals surface area contributed by atoms with Gasteiger partial charge < -0.3 is 10.5 Å². The first-order chi connectivity index (χ1) is 9.06. The zero-order chi connectivity index (χ0) is 14.0. The van der Waals surface area contributed by atoms with Crippen LogP contribution < -0.4 is 10.5 Å². The normalized spacial score (nSPS) is 10.6. The average molecular weight is 267 g/mol. The summed E-state index contributed by atoms with van der Waals surface area (Å²) in [5.74, 6) is -2.59. The minimum absolute atomic E-state index is 0.0259. The van der Waals surface area contributed by atoms with Crippen molar-refractivity contribution in [2.45, 2.75) is 6.54 Å². The fraction of sp³-hybridized carbons (Fsp3) is 0.143. The monoisotopic (exact) mass is 267 g/mol. The summed E-state index contributed by atoms with van der Waals surface area (Å²) in [7, 11) is 1.49. The van der Waals surface area contributed by atoms with Crippen molar-refractivity contribution in [1.82, 2.24) is 0 Å². The molecule has 19 heavy (non-hydrogen) atoms. The first kappa shape index (κ1) is 13.4. The number of halogens is 3. The predicted octanol–water partition coefficient (Wildman–Crippen LogP) is 3.24. The molecule has 0 amide bonds. The summed E-state index contributed by atoms with van der Waals surface area (Å²) in [6.45, 7) is 0.130. The van der Waals surface area contributed by atoms with Crippen LogP contribution in [-0.2, 0) is 6.54 Å². The number of hydrogen-bond acceptors (Lipinski definition) is 2. The molecule has 2 aromatic carbocycles. The molecule has 0 heterocycles. The topological polar surface area (TPSA) is 35.2 Å². The van der Waals surface area contributed by atoms with Crippen LogP contribution in [0.2, 0.25) is 0 Å². The Labute approximate surface area is 108 Å². The molecule has 2 nitrogen and oxygen atoms in total. The van der Waals surface area contributed by atoms with E-state index < -0.39 is 17.5 Å². The first-order valence-electron chi connectivity index (χ1n) is 5.58. The van der Waals surface area contributed by atoms with Gasteiger partial charge in [0, 0.05) is 18.2 Å². The van der Waals surface area contributed by atoms with Crippen LogP contribution in [-0.4, -0.2) is 7.11 Å². The highest BCUT2D eigenvalue weighted by Crippen LogP contribution is 2.30. The number of hydrogen-bond donors (Lipinski definition) is 1. The third-order valence-electron chi connectivity index (χ3n) is 2.83. The molecule has 2 rings (SSSR count). The summed E-state index contributed by atoms with van der Waals surface area (Å²) in [6, 6.07) is 6.16. The molecular formula is C14H12F3NO. The van der Waals surface area contributed by atoms with Crippen molar-refractivity contribution in [3.05, 3.63) is 53.3 Å². The highest BCUT2D eigenvalue weighted by Gasteiger charge is 2.14. The lowest BCUT2D eigenvalue weighted by Crippen LogP contribution is -2.01. The number of rotatable bonds is 3. The van der Waals surface area contributed by atoms with E-state index in [1.54, 1.807) is 18.2 Å². The first-order valence-corrected chi connectivity index (χ1v) is 5.58. The summed E-state index contributed by atoms with van der Waals surface area (Å²) in [6.07, 6.45) is 0. The maximum atomic E-state index is 13.7. The van der Waals surface area contributed by atoms with Gasteiger partial charge in [-0.05, 0) is 29.3 Å². The van der Waals surface area contributed by atoms with E-state index in [4.69, 9.17) is 10.5 Å². The Morgan fingerprint density at radius 3 is 2.26 bits per heavy atom. The molecule has 0 unspecified atom stereocenters. The van der Waals surface area contributed by atoms with Crippen molar-refractivity contribution >= 4 is 0 Å². The molecule has 0 atom stereocenters. The predicted molar refractivity (Wildman–Crippen MR) is 66.2 cm³/mol. The number of methoxy groups -OCH3 is 1. The van der Waals surface area contributed by atoms with Gasteiger partial charge in [-0.25, -0.2) is 13.2 Å². The molecular weight excluding hydrogens is 255 g/mol. The maximum absolute atomic E-state index is 13.7. The molecule has 0 bridgehead atoms. The summed E-state index contributed by atoms with van der Waals surface area (Å²) in [5, 5.41) is 0. The van der Waals surface area contributed by atoms with Gasteiger partial charge in [0.25, 0.3) is 0 Å². The van der Waals surface area contributed by atoms with E-state index in [1.807, 2.05) is 0 Å². The van der Waals surface area contributed by atoms with Crippen molar-refractivity contribution in [1.29, 1.82) is 0 Å². The molecule has 0 spiro atoms. The van der Waals surface area contributed by atoms with Crippen LogP contribution in [0.25, 0.3) is 11.1 Å². The van der Waals surface area contributed by atoms with Crippen molar-refractivity contribution in [3.63, 3.8) is 0 Å². The minimum Gasteiger partial charge on any atom is -0.497 e. The van der Waals surface area contributed by atoms with Gasteiger partial charge in [-0.3, -0.25) is 0 Å². The van der Waals surface area contributed by atoms with E-state index in [9.17, 15) is 13.2 Å². The molecule has 0 saturated carbocycles. The second-order valence-corrected chi connectivity index (χ2v) is 3.97. The Bertz CT molecular complexity index is 614. The maximum Gasteiger partial charge on any atom is 0.161 e. The van der Waals surface area contributed by atoms with Crippen LogP contribution in [0, 0.1) is 17.5 Å². The zero-order valence-corrected chi connectivity index (χ0v) is 10.2. The fourth-order valence-electron chi connectivity index (χ4n) is 1.86. The van der Waals surface area contributed by atoms with Gasteiger partial charge in [-0.2, -0.15) is 0 Å². The lowest BCUT2D eigenvalue weighted by molar-refractivity contribution is 0.414. The smallest absolute Gasteiger partial charge is 0.161 e. The van der Waals surface area contributed by atoms with Crippen LogP contribution in [0.5, 0.6) is 5.75 Å². The lowest BCUT2D eigenvalue weighted by atomic mass is 9.98. The second kappa shape index (κ2) is 5.32. The van der Waals surface area contributed by atoms with Crippen LogP contribution in [0.3, 0.4) is 0 Å². The van der Waals surface area contributed by atoms with Crippen LogP contribution in [0.15, 0.2) is 30.3 Å². The van der Waals surface area contributed by atoms with Gasteiger partial charge in [0.05, 0.1) is 7.11 Å². The second-order valence-electron chi connectivity index (χ2n) is 3.97. The zero-order valence-electron chi connectivity index (χ0n) is 10.2. The molecule has 0 aromatic heterocycles. The van der Waals surface area contributed by atoms with Crippen molar-refractivity contribution < 1.29 is 17.9 Å². The van der Waals surface area contributed by atoms with Gasteiger partial charge >= 0.3 is 0 Å². The Morgan fingerprint density at radius 1 is 0.947 bits per heavy atom. The van der Waals surface area contributed by atoms with E-state index in [0.717, 1.165) is 6.07 Å². The van der Waals surface area contributed by atoms with E-state index >= 15 is 0 Å². The lowest BCUT2D eigenvalue weighted by Gasteiger charge is -2.11. The number of benzene rings is 2. The largest absolute Gasteiger partial charge is 0.497 e. The van der Waals surface area contributed by atoms with Gasteiger partial charge in [-0.15, -0.1) is 0 Å². The highest BCUT2D eigenvalue weighted by atomic mass is 19.2. The summed E-state index contributed by atoms with van der Waals surface area (Å²) in [4.78, 5) is 0. The molecule has 0 aliphatic carbocycles. The fourth-order valence-corrected chi connectivity index (χ4v) is 1.86. The van der Waals surface area contributed by atoms with Crippen LogP contribution in [0.4, 0.5) is 13.2 Å². The van der Waals surface area contributed by atoms with Crippen molar-refractivity contribution in [3.8, 4) is 16.9 Å². The molecule has 0 saturated heterocycles. The molecule has 0 fully saturated rings. The SMILES string of the molecule is COc1ccc(-c2cc(F)c(F)cc2F)c(CN)c1. The molecule has 0 aliphatic heterocycles. The van der Waals surface area contributed by atoms with Crippen molar-refractivity contribution in [2.24, 2.45) is 5.73 Å². The number of ether oxygens (including phenoxy) is 1. The van der Waals surface area contributed by atoms with Gasteiger partial charge in [-0.1, -0.05) is 6.07 Å². The van der Waals surface area contributed by atoms with E-state index in [2.05, 4.69) is 0 Å². The third-order valence-corrected chi connectivity index (χ3v) is 2.83. The Kier molecular flexibility index (Phi) is 3.76. The summed E-state index contributed by atoms with van der Waals surface area (Å²) >= 11 is 0. The standard InChI is InChI=1S/C14H12F3NO/c1-19-9-2-3-10(8(4-9)7-18)11-5-13(16)14(17)6-12(11)15/h2-6H,7,18H2,1H3. The molecule has 0 radical (unpaired) electrons. The summed E-state index contributed by atoms with van der Waals surface area (Å²) in [5.41, 5.74) is 6.56. The molecule has 100 valence electrons. The molecule has 2 N–H and O–H groups in total. The van der Waals surface area contributed by atoms with Gasteiger partial charge in [0.2, 0.25) is 0 Å². The summed E-state index contributed by atoms with van der Waals surface area (Å²) < 4.78 is 44.9. The third kappa shape index (κ3) is 2.56. The van der Waals surface area contributed by atoms with Crippen LogP contribution in [0.1, 0.15) is 5.56 Å². The molecule has 0 aliphatic rings. The molecule has 5 heteroatoms. The minimum atomic E-state index is -1.22. The van der Waals surface area contributed by atoms with E-state index in [1.165, 1.54) is 7.11 Å². The Balaban J connectivity index is 2.61. The quantitative estimate of drug-likeness (QED) is 0.866. The van der Waals surface area contributed by atoms with Gasteiger partial charge in [0.15, 0.2) is 11.6 Å². The van der Waals surface area contributed by atoms with Gasteiger partial charge in [0.1, 0.15) is 11.6 Å².